The topological polar surface area (TPSA) is 77.0 Å². The molecule has 0 amide bonds. The van der Waals surface area contributed by atoms with Gasteiger partial charge in [0.2, 0.25) is 5.88 Å². The van der Waals surface area contributed by atoms with Crippen molar-refractivity contribution in [2.75, 3.05) is 26.9 Å². The van der Waals surface area contributed by atoms with Gasteiger partial charge >= 0.3 is 0 Å². The lowest BCUT2D eigenvalue weighted by atomic mass is 10.1. The first kappa shape index (κ1) is 25.2. The Balaban J connectivity index is 0.00000341. The van der Waals surface area contributed by atoms with Gasteiger partial charge in [-0.25, -0.2) is 4.98 Å². The first-order valence-electron chi connectivity index (χ1n) is 10.5. The first-order chi connectivity index (χ1) is 14.7. The van der Waals surface area contributed by atoms with Gasteiger partial charge < -0.3 is 24.8 Å². The molecule has 1 saturated heterocycles. The van der Waals surface area contributed by atoms with Crippen molar-refractivity contribution in [1.29, 1.82) is 0 Å². The number of ether oxygens (including phenoxy) is 3. The van der Waals surface area contributed by atoms with Crippen molar-refractivity contribution in [2.24, 2.45) is 4.99 Å². The molecule has 1 aliphatic rings. The number of pyridine rings is 1. The number of hydrogen-bond acceptors (Lipinski definition) is 5. The lowest BCUT2D eigenvalue weighted by molar-refractivity contribution is 0.0676. The minimum atomic E-state index is 0. The van der Waals surface area contributed by atoms with E-state index in [1.54, 1.807) is 13.2 Å². The number of benzene rings is 1. The van der Waals surface area contributed by atoms with E-state index in [4.69, 9.17) is 14.2 Å². The standard InChI is InChI=1S/C23H32N4O3.HI/c1-4-28-22-13-18(9-10-25-22)14-26-23(24-3)27-15-19-8-7-17(2)12-21(19)30-16-20-6-5-11-29-20;/h7-10,12-13,20H,4-6,11,14-16H2,1-3H3,(H2,24,26,27);1H. The summed E-state index contributed by atoms with van der Waals surface area (Å²) >= 11 is 0. The molecule has 2 N–H and O–H groups in total. The fourth-order valence-corrected chi connectivity index (χ4v) is 3.27. The highest BCUT2D eigenvalue weighted by Crippen LogP contribution is 2.22. The number of halogens is 1. The van der Waals surface area contributed by atoms with Gasteiger partial charge in [0.25, 0.3) is 0 Å². The molecule has 2 heterocycles. The zero-order chi connectivity index (χ0) is 21.2. The van der Waals surface area contributed by atoms with E-state index in [-0.39, 0.29) is 30.1 Å². The molecule has 0 saturated carbocycles. The van der Waals surface area contributed by atoms with E-state index in [0.29, 0.717) is 32.2 Å². The fraction of sp³-hybridized carbons (Fsp3) is 0.478. The Kier molecular flexibility index (Phi) is 10.9. The van der Waals surface area contributed by atoms with Gasteiger partial charge in [0.15, 0.2) is 5.96 Å². The summed E-state index contributed by atoms with van der Waals surface area (Å²) in [7, 11) is 1.76. The molecular formula is C23H33IN4O3. The monoisotopic (exact) mass is 540 g/mol. The number of rotatable bonds is 9. The van der Waals surface area contributed by atoms with Crippen LogP contribution in [0.4, 0.5) is 0 Å². The Hall–Kier alpha value is -2.07. The summed E-state index contributed by atoms with van der Waals surface area (Å²) in [5, 5.41) is 6.69. The Bertz CT molecular complexity index is 841. The summed E-state index contributed by atoms with van der Waals surface area (Å²) in [6, 6.07) is 10.2. The number of aromatic nitrogens is 1. The molecule has 3 rings (SSSR count). The molecule has 1 aromatic carbocycles. The highest BCUT2D eigenvalue weighted by Gasteiger charge is 2.17. The van der Waals surface area contributed by atoms with Crippen LogP contribution in [0, 0.1) is 6.92 Å². The molecule has 0 spiro atoms. The summed E-state index contributed by atoms with van der Waals surface area (Å²) in [6.45, 7) is 7.28. The molecule has 170 valence electrons. The van der Waals surface area contributed by atoms with E-state index in [2.05, 4.69) is 45.7 Å². The van der Waals surface area contributed by atoms with Gasteiger partial charge in [0.1, 0.15) is 12.4 Å². The number of nitrogens with one attached hydrogen (secondary N) is 2. The first-order valence-corrected chi connectivity index (χ1v) is 10.5. The predicted molar refractivity (Wildman–Crippen MR) is 134 cm³/mol. The van der Waals surface area contributed by atoms with E-state index in [1.165, 1.54) is 5.56 Å². The molecule has 1 atom stereocenters. The average Bonchev–Trinajstić information content (AvgIpc) is 3.27. The summed E-state index contributed by atoms with van der Waals surface area (Å²) in [5.74, 6) is 2.24. The van der Waals surface area contributed by atoms with Crippen molar-refractivity contribution in [3.8, 4) is 11.6 Å². The Morgan fingerprint density at radius 1 is 1.19 bits per heavy atom. The summed E-state index contributed by atoms with van der Waals surface area (Å²) in [6.07, 6.45) is 4.13. The van der Waals surface area contributed by atoms with Crippen molar-refractivity contribution in [1.82, 2.24) is 15.6 Å². The predicted octanol–water partition coefficient (Wildman–Crippen LogP) is 3.83. The fourth-order valence-electron chi connectivity index (χ4n) is 3.27. The van der Waals surface area contributed by atoms with Gasteiger partial charge in [-0.05, 0) is 49.9 Å². The Morgan fingerprint density at radius 2 is 2.03 bits per heavy atom. The van der Waals surface area contributed by atoms with E-state index < -0.39 is 0 Å². The summed E-state index contributed by atoms with van der Waals surface area (Å²) < 4.78 is 17.2. The summed E-state index contributed by atoms with van der Waals surface area (Å²) in [5.41, 5.74) is 3.34. The Morgan fingerprint density at radius 3 is 2.77 bits per heavy atom. The molecule has 0 aliphatic carbocycles. The molecule has 1 aromatic heterocycles. The molecule has 7 nitrogen and oxygen atoms in total. The molecule has 2 aromatic rings. The second kappa shape index (κ2) is 13.4. The largest absolute Gasteiger partial charge is 0.491 e. The van der Waals surface area contributed by atoms with Crippen LogP contribution in [-0.4, -0.2) is 43.9 Å². The van der Waals surface area contributed by atoms with Gasteiger partial charge in [-0.1, -0.05) is 12.1 Å². The van der Waals surface area contributed by atoms with E-state index >= 15 is 0 Å². The number of aliphatic imine (C=N–C) groups is 1. The molecular weight excluding hydrogens is 507 g/mol. The van der Waals surface area contributed by atoms with Crippen LogP contribution < -0.4 is 20.1 Å². The third kappa shape index (κ3) is 8.17. The third-order valence-corrected chi connectivity index (χ3v) is 4.89. The van der Waals surface area contributed by atoms with Crippen LogP contribution in [0.15, 0.2) is 41.5 Å². The van der Waals surface area contributed by atoms with Crippen LogP contribution in [-0.2, 0) is 17.8 Å². The van der Waals surface area contributed by atoms with Crippen LogP contribution >= 0.6 is 24.0 Å². The van der Waals surface area contributed by atoms with Crippen molar-refractivity contribution in [3.63, 3.8) is 0 Å². The van der Waals surface area contributed by atoms with Crippen LogP contribution in [0.1, 0.15) is 36.5 Å². The minimum absolute atomic E-state index is 0. The number of hydrogen-bond donors (Lipinski definition) is 2. The number of guanidine groups is 1. The number of aryl methyl sites for hydroxylation is 1. The van der Waals surface area contributed by atoms with Gasteiger partial charge in [-0.2, -0.15) is 0 Å². The normalized spacial score (nSPS) is 15.8. The molecule has 0 bridgehead atoms. The Labute approximate surface area is 202 Å². The maximum absolute atomic E-state index is 6.09. The molecule has 0 radical (unpaired) electrons. The second-order valence-electron chi connectivity index (χ2n) is 7.27. The zero-order valence-corrected chi connectivity index (χ0v) is 20.8. The highest BCUT2D eigenvalue weighted by molar-refractivity contribution is 14.0. The maximum Gasteiger partial charge on any atom is 0.213 e. The van der Waals surface area contributed by atoms with Gasteiger partial charge in [-0.3, -0.25) is 4.99 Å². The van der Waals surface area contributed by atoms with Gasteiger partial charge in [0.05, 0.1) is 12.7 Å². The van der Waals surface area contributed by atoms with Crippen LogP contribution in [0.25, 0.3) is 0 Å². The van der Waals surface area contributed by atoms with Crippen LogP contribution in [0.3, 0.4) is 0 Å². The quantitative estimate of drug-likeness (QED) is 0.286. The average molecular weight is 540 g/mol. The van der Waals surface area contributed by atoms with E-state index in [1.807, 2.05) is 19.1 Å². The SMILES string of the molecule is CCOc1cc(CNC(=NC)NCc2ccc(C)cc2OCC2CCCO2)ccn1.I. The highest BCUT2D eigenvalue weighted by atomic mass is 127. The van der Waals surface area contributed by atoms with Crippen LogP contribution in [0.2, 0.25) is 0 Å². The lowest BCUT2D eigenvalue weighted by Crippen LogP contribution is -2.36. The summed E-state index contributed by atoms with van der Waals surface area (Å²) in [4.78, 5) is 8.52. The van der Waals surface area contributed by atoms with Gasteiger partial charge in [0, 0.05) is 44.6 Å². The molecule has 1 unspecified atom stereocenters. The molecule has 8 heteroatoms. The van der Waals surface area contributed by atoms with Crippen molar-refractivity contribution in [2.45, 2.75) is 45.9 Å². The van der Waals surface area contributed by atoms with E-state index in [0.717, 1.165) is 42.3 Å². The van der Waals surface area contributed by atoms with Crippen LogP contribution in [0.5, 0.6) is 11.6 Å². The smallest absolute Gasteiger partial charge is 0.213 e. The molecule has 1 aliphatic heterocycles. The van der Waals surface area contributed by atoms with E-state index in [9.17, 15) is 0 Å². The zero-order valence-electron chi connectivity index (χ0n) is 18.5. The van der Waals surface area contributed by atoms with Gasteiger partial charge in [-0.15, -0.1) is 24.0 Å². The third-order valence-electron chi connectivity index (χ3n) is 4.89. The lowest BCUT2D eigenvalue weighted by Gasteiger charge is -2.17. The molecule has 1 fully saturated rings. The van der Waals surface area contributed by atoms with Crippen molar-refractivity contribution < 1.29 is 14.2 Å². The minimum Gasteiger partial charge on any atom is -0.491 e. The second-order valence-corrected chi connectivity index (χ2v) is 7.27. The van der Waals surface area contributed by atoms with Crippen molar-refractivity contribution in [3.05, 3.63) is 53.2 Å². The van der Waals surface area contributed by atoms with Crippen molar-refractivity contribution >= 4 is 29.9 Å². The number of nitrogens with zero attached hydrogens (tertiary/aromatic N) is 2. The maximum atomic E-state index is 6.09. The molecule has 31 heavy (non-hydrogen) atoms.